The molecule has 2 amide bonds. The van der Waals surface area contributed by atoms with E-state index in [1.54, 1.807) is 7.11 Å². The third kappa shape index (κ3) is 5.83. The number of methoxy groups -OCH3 is 1. The standard InChI is InChI=1S/C16H22N2O4/c1-21-7-8-22-11-15(19)17-10-12-3-2-4-14(9-12)18-16(20)13-5-6-13/h2-4,9,13H,5-8,10-11H2,1H3,(H,17,19)(H,18,20). The maximum Gasteiger partial charge on any atom is 0.246 e. The van der Waals surface area contributed by atoms with E-state index in [0.717, 1.165) is 24.1 Å². The van der Waals surface area contributed by atoms with Crippen LogP contribution in [0.1, 0.15) is 18.4 Å². The molecule has 1 aliphatic rings. The lowest BCUT2D eigenvalue weighted by atomic mass is 10.2. The van der Waals surface area contributed by atoms with E-state index in [9.17, 15) is 9.59 Å². The third-order valence-electron chi connectivity index (χ3n) is 3.30. The Morgan fingerprint density at radius 3 is 2.82 bits per heavy atom. The van der Waals surface area contributed by atoms with Crippen molar-refractivity contribution >= 4 is 17.5 Å². The van der Waals surface area contributed by atoms with Gasteiger partial charge >= 0.3 is 0 Å². The summed E-state index contributed by atoms with van der Waals surface area (Å²) in [6.07, 6.45) is 1.95. The summed E-state index contributed by atoms with van der Waals surface area (Å²) in [4.78, 5) is 23.3. The second-order valence-electron chi connectivity index (χ2n) is 5.29. The Labute approximate surface area is 130 Å². The van der Waals surface area contributed by atoms with Crippen LogP contribution in [-0.4, -0.2) is 38.7 Å². The highest BCUT2D eigenvalue weighted by Gasteiger charge is 2.29. The predicted molar refractivity (Wildman–Crippen MR) is 82.3 cm³/mol. The van der Waals surface area contributed by atoms with Crippen LogP contribution in [-0.2, 0) is 25.6 Å². The third-order valence-corrected chi connectivity index (χ3v) is 3.30. The fourth-order valence-corrected chi connectivity index (χ4v) is 1.91. The molecular formula is C16H22N2O4. The normalized spacial score (nSPS) is 13.7. The van der Waals surface area contributed by atoms with Gasteiger partial charge in [0, 0.05) is 25.3 Å². The van der Waals surface area contributed by atoms with Crippen LogP contribution in [0.25, 0.3) is 0 Å². The van der Waals surface area contributed by atoms with Crippen molar-refractivity contribution in [2.45, 2.75) is 19.4 Å². The van der Waals surface area contributed by atoms with Crippen LogP contribution < -0.4 is 10.6 Å². The van der Waals surface area contributed by atoms with Gasteiger partial charge in [0.25, 0.3) is 0 Å². The lowest BCUT2D eigenvalue weighted by Gasteiger charge is -2.09. The molecule has 2 rings (SSSR count). The van der Waals surface area contributed by atoms with Gasteiger partial charge in [0.2, 0.25) is 11.8 Å². The lowest BCUT2D eigenvalue weighted by molar-refractivity contribution is -0.126. The van der Waals surface area contributed by atoms with E-state index in [2.05, 4.69) is 10.6 Å². The van der Waals surface area contributed by atoms with E-state index in [0.29, 0.717) is 19.8 Å². The van der Waals surface area contributed by atoms with Crippen molar-refractivity contribution in [3.63, 3.8) is 0 Å². The molecule has 0 spiro atoms. The van der Waals surface area contributed by atoms with E-state index in [-0.39, 0.29) is 24.3 Å². The zero-order chi connectivity index (χ0) is 15.8. The second-order valence-corrected chi connectivity index (χ2v) is 5.29. The second kappa shape index (κ2) is 8.51. The van der Waals surface area contributed by atoms with Gasteiger partial charge in [-0.15, -0.1) is 0 Å². The molecule has 0 aliphatic heterocycles. The molecule has 1 aromatic carbocycles. The first kappa shape index (κ1) is 16.5. The van der Waals surface area contributed by atoms with Crippen molar-refractivity contribution in [2.75, 3.05) is 32.2 Å². The van der Waals surface area contributed by atoms with Gasteiger partial charge in [0.1, 0.15) is 6.61 Å². The fourth-order valence-electron chi connectivity index (χ4n) is 1.91. The molecule has 1 aliphatic carbocycles. The number of amides is 2. The van der Waals surface area contributed by atoms with Crippen LogP contribution in [0.4, 0.5) is 5.69 Å². The number of carbonyl (C=O) groups excluding carboxylic acids is 2. The number of carbonyl (C=O) groups is 2. The molecule has 120 valence electrons. The summed E-state index contributed by atoms with van der Waals surface area (Å²) in [7, 11) is 1.58. The first-order valence-electron chi connectivity index (χ1n) is 7.42. The summed E-state index contributed by atoms with van der Waals surface area (Å²) in [5.74, 6) is 0.0730. The Balaban J connectivity index is 1.72. The van der Waals surface area contributed by atoms with Crippen LogP contribution in [0.3, 0.4) is 0 Å². The van der Waals surface area contributed by atoms with Crippen LogP contribution in [0.2, 0.25) is 0 Å². The van der Waals surface area contributed by atoms with Gasteiger partial charge in [-0.25, -0.2) is 0 Å². The van der Waals surface area contributed by atoms with E-state index in [4.69, 9.17) is 9.47 Å². The molecule has 0 unspecified atom stereocenters. The number of hydrogen-bond donors (Lipinski definition) is 2. The van der Waals surface area contributed by atoms with E-state index in [1.807, 2.05) is 24.3 Å². The van der Waals surface area contributed by atoms with Gasteiger partial charge in [0.15, 0.2) is 0 Å². The molecule has 0 radical (unpaired) electrons. The van der Waals surface area contributed by atoms with Crippen molar-refractivity contribution in [2.24, 2.45) is 5.92 Å². The van der Waals surface area contributed by atoms with Crippen LogP contribution in [0.15, 0.2) is 24.3 Å². The SMILES string of the molecule is COCCOCC(=O)NCc1cccc(NC(=O)C2CC2)c1. The first-order valence-corrected chi connectivity index (χ1v) is 7.42. The maximum atomic E-state index is 11.7. The monoisotopic (exact) mass is 306 g/mol. The topological polar surface area (TPSA) is 76.7 Å². The fraction of sp³-hybridized carbons (Fsp3) is 0.500. The highest BCUT2D eigenvalue weighted by molar-refractivity contribution is 5.94. The summed E-state index contributed by atoms with van der Waals surface area (Å²) in [5.41, 5.74) is 1.69. The minimum atomic E-state index is -0.177. The van der Waals surface area contributed by atoms with Gasteiger partial charge < -0.3 is 20.1 Å². The van der Waals surface area contributed by atoms with Gasteiger partial charge in [-0.3, -0.25) is 9.59 Å². The van der Waals surface area contributed by atoms with Crippen molar-refractivity contribution in [1.82, 2.24) is 5.32 Å². The van der Waals surface area contributed by atoms with Crippen LogP contribution in [0.5, 0.6) is 0 Å². The van der Waals surface area contributed by atoms with Crippen LogP contribution in [0, 0.1) is 5.92 Å². The quantitative estimate of drug-likeness (QED) is 0.675. The van der Waals surface area contributed by atoms with Gasteiger partial charge in [-0.1, -0.05) is 12.1 Å². The van der Waals surface area contributed by atoms with E-state index >= 15 is 0 Å². The molecule has 0 heterocycles. The number of anilines is 1. The molecule has 2 N–H and O–H groups in total. The molecule has 6 nitrogen and oxygen atoms in total. The minimum absolute atomic E-state index is 0.0153. The maximum absolute atomic E-state index is 11.7. The number of rotatable bonds is 9. The highest BCUT2D eigenvalue weighted by atomic mass is 16.5. The molecule has 22 heavy (non-hydrogen) atoms. The Morgan fingerprint density at radius 1 is 1.27 bits per heavy atom. The van der Waals surface area contributed by atoms with Crippen molar-refractivity contribution in [1.29, 1.82) is 0 Å². The average Bonchev–Trinajstić information content (AvgIpc) is 3.35. The first-order chi connectivity index (χ1) is 10.7. The minimum Gasteiger partial charge on any atom is -0.382 e. The molecule has 6 heteroatoms. The van der Waals surface area contributed by atoms with E-state index in [1.165, 1.54) is 0 Å². The largest absolute Gasteiger partial charge is 0.382 e. The Kier molecular flexibility index (Phi) is 6.36. The Morgan fingerprint density at radius 2 is 2.09 bits per heavy atom. The van der Waals surface area contributed by atoms with Gasteiger partial charge in [-0.05, 0) is 30.5 Å². The molecule has 1 saturated carbocycles. The summed E-state index contributed by atoms with van der Waals surface area (Å²) in [6, 6.07) is 7.48. The van der Waals surface area contributed by atoms with Crippen molar-refractivity contribution in [3.8, 4) is 0 Å². The van der Waals surface area contributed by atoms with Gasteiger partial charge in [-0.2, -0.15) is 0 Å². The predicted octanol–water partition coefficient (Wildman–Crippen LogP) is 1.31. The van der Waals surface area contributed by atoms with E-state index < -0.39 is 0 Å². The summed E-state index contributed by atoms with van der Waals surface area (Å²) in [5, 5.41) is 5.66. The van der Waals surface area contributed by atoms with Crippen molar-refractivity contribution in [3.05, 3.63) is 29.8 Å². The molecule has 0 bridgehead atoms. The average molecular weight is 306 g/mol. The smallest absolute Gasteiger partial charge is 0.246 e. The zero-order valence-corrected chi connectivity index (χ0v) is 12.8. The molecular weight excluding hydrogens is 284 g/mol. The molecule has 1 fully saturated rings. The Hall–Kier alpha value is -1.92. The van der Waals surface area contributed by atoms with Crippen LogP contribution >= 0.6 is 0 Å². The number of hydrogen-bond acceptors (Lipinski definition) is 4. The molecule has 1 aromatic rings. The summed E-state index contributed by atoms with van der Waals surface area (Å²) >= 11 is 0. The van der Waals surface area contributed by atoms with Gasteiger partial charge in [0.05, 0.1) is 13.2 Å². The summed E-state index contributed by atoms with van der Waals surface area (Å²) in [6.45, 7) is 1.28. The zero-order valence-electron chi connectivity index (χ0n) is 12.8. The number of benzene rings is 1. The molecule has 0 atom stereocenters. The number of nitrogens with one attached hydrogen (secondary N) is 2. The Bertz CT molecular complexity index is 515. The highest BCUT2D eigenvalue weighted by Crippen LogP contribution is 2.30. The van der Waals surface area contributed by atoms with Crippen molar-refractivity contribution < 1.29 is 19.1 Å². The molecule has 0 aromatic heterocycles. The lowest BCUT2D eigenvalue weighted by Crippen LogP contribution is -2.27. The summed E-state index contributed by atoms with van der Waals surface area (Å²) < 4.78 is 9.97. The number of ether oxygens (including phenoxy) is 2. The molecule has 0 saturated heterocycles.